The smallest absolute Gasteiger partial charge is 0.407 e. The first kappa shape index (κ1) is 15.9. The zero-order valence-electron chi connectivity index (χ0n) is 13.0. The van der Waals surface area contributed by atoms with E-state index in [1.54, 1.807) is 0 Å². The number of ether oxygens (including phenoxy) is 1. The van der Waals surface area contributed by atoms with Crippen LogP contribution in [0.15, 0.2) is 0 Å². The van der Waals surface area contributed by atoms with E-state index in [9.17, 15) is 9.59 Å². The predicted molar refractivity (Wildman–Crippen MR) is 77.4 cm³/mol. The molecule has 0 saturated carbocycles. The standard InChI is InChI=1S/C14H25N3O4/c1-14(2,3)21-12(18)15-10-4-6-16(7-5-10)11-8-17(9-11)13(19)20/h10-11H,4-9H2,1-3H3,(H,15,18)(H,19,20). The number of alkyl carbamates (subject to hydrolysis) is 1. The zero-order chi connectivity index (χ0) is 15.6. The molecule has 0 aliphatic carbocycles. The largest absolute Gasteiger partial charge is 0.465 e. The molecule has 2 rings (SSSR count). The number of likely N-dealkylation sites (tertiary alicyclic amines) is 2. The third kappa shape index (κ3) is 4.49. The van der Waals surface area contributed by atoms with Gasteiger partial charge in [0.25, 0.3) is 0 Å². The lowest BCUT2D eigenvalue weighted by molar-refractivity contribution is 0.0194. The van der Waals surface area contributed by atoms with Crippen molar-refractivity contribution in [1.29, 1.82) is 0 Å². The molecule has 0 aromatic heterocycles. The number of hydrogen-bond acceptors (Lipinski definition) is 4. The Labute approximate surface area is 125 Å². The van der Waals surface area contributed by atoms with Crippen LogP contribution in [-0.2, 0) is 4.74 Å². The van der Waals surface area contributed by atoms with Crippen LogP contribution in [0.3, 0.4) is 0 Å². The Hall–Kier alpha value is -1.50. The van der Waals surface area contributed by atoms with Gasteiger partial charge in [-0.15, -0.1) is 0 Å². The highest BCUT2D eigenvalue weighted by atomic mass is 16.6. The number of hydrogen-bond donors (Lipinski definition) is 2. The van der Waals surface area contributed by atoms with E-state index < -0.39 is 11.7 Å². The molecule has 0 bridgehead atoms. The van der Waals surface area contributed by atoms with Crippen LogP contribution in [-0.4, -0.2) is 71.0 Å². The van der Waals surface area contributed by atoms with E-state index >= 15 is 0 Å². The summed E-state index contributed by atoms with van der Waals surface area (Å²) < 4.78 is 5.25. The monoisotopic (exact) mass is 299 g/mol. The minimum absolute atomic E-state index is 0.145. The first-order valence-electron chi connectivity index (χ1n) is 7.46. The Bertz CT molecular complexity index is 394. The highest BCUT2D eigenvalue weighted by Gasteiger charge is 2.36. The molecule has 0 aromatic rings. The van der Waals surface area contributed by atoms with Crippen LogP contribution in [0.4, 0.5) is 9.59 Å². The van der Waals surface area contributed by atoms with Crippen molar-refractivity contribution in [2.45, 2.75) is 51.3 Å². The third-order valence-electron chi connectivity index (χ3n) is 3.90. The summed E-state index contributed by atoms with van der Waals surface area (Å²) in [4.78, 5) is 26.2. The summed E-state index contributed by atoms with van der Waals surface area (Å²) in [6, 6.07) is 0.482. The van der Waals surface area contributed by atoms with Crippen LogP contribution in [0, 0.1) is 0 Å². The van der Waals surface area contributed by atoms with E-state index in [0.717, 1.165) is 25.9 Å². The third-order valence-corrected chi connectivity index (χ3v) is 3.90. The lowest BCUT2D eigenvalue weighted by Gasteiger charge is -2.46. The Balaban J connectivity index is 1.67. The molecule has 0 radical (unpaired) electrons. The maximum Gasteiger partial charge on any atom is 0.407 e. The number of carbonyl (C=O) groups excluding carboxylic acids is 1. The molecular formula is C14H25N3O4. The van der Waals surface area contributed by atoms with Gasteiger partial charge < -0.3 is 20.1 Å². The van der Waals surface area contributed by atoms with Gasteiger partial charge in [0.2, 0.25) is 0 Å². The van der Waals surface area contributed by atoms with Crippen LogP contribution < -0.4 is 5.32 Å². The Kier molecular flexibility index (Phi) is 4.61. The normalized spacial score (nSPS) is 21.8. The van der Waals surface area contributed by atoms with Crippen molar-refractivity contribution in [3.05, 3.63) is 0 Å². The van der Waals surface area contributed by atoms with E-state index in [1.165, 1.54) is 4.90 Å². The van der Waals surface area contributed by atoms with Crippen molar-refractivity contribution in [2.24, 2.45) is 0 Å². The maximum absolute atomic E-state index is 11.7. The molecular weight excluding hydrogens is 274 g/mol. The van der Waals surface area contributed by atoms with Gasteiger partial charge in [0, 0.05) is 38.3 Å². The Morgan fingerprint density at radius 1 is 1.19 bits per heavy atom. The molecule has 2 fully saturated rings. The predicted octanol–water partition coefficient (Wildman–Crippen LogP) is 1.34. The zero-order valence-corrected chi connectivity index (χ0v) is 13.0. The van der Waals surface area contributed by atoms with E-state index in [4.69, 9.17) is 9.84 Å². The lowest BCUT2D eigenvalue weighted by Crippen LogP contribution is -2.62. The summed E-state index contributed by atoms with van der Waals surface area (Å²) >= 11 is 0. The summed E-state index contributed by atoms with van der Waals surface area (Å²) in [6.07, 6.45) is 0.556. The molecule has 0 unspecified atom stereocenters. The van der Waals surface area contributed by atoms with Gasteiger partial charge in [-0.3, -0.25) is 4.90 Å². The highest BCUT2D eigenvalue weighted by molar-refractivity contribution is 5.68. The van der Waals surface area contributed by atoms with Crippen molar-refractivity contribution in [3.63, 3.8) is 0 Å². The van der Waals surface area contributed by atoms with Crippen LogP contribution in [0.2, 0.25) is 0 Å². The fourth-order valence-corrected chi connectivity index (χ4v) is 2.73. The number of amides is 2. The van der Waals surface area contributed by atoms with Crippen LogP contribution in [0.5, 0.6) is 0 Å². The number of rotatable bonds is 2. The molecule has 7 nitrogen and oxygen atoms in total. The molecule has 0 aromatic carbocycles. The minimum atomic E-state index is -0.840. The highest BCUT2D eigenvalue weighted by Crippen LogP contribution is 2.20. The molecule has 21 heavy (non-hydrogen) atoms. The molecule has 2 saturated heterocycles. The first-order valence-corrected chi connectivity index (χ1v) is 7.46. The second kappa shape index (κ2) is 6.09. The molecule has 7 heteroatoms. The maximum atomic E-state index is 11.7. The summed E-state index contributed by atoms with van der Waals surface area (Å²) in [6.45, 7) is 8.51. The van der Waals surface area contributed by atoms with Gasteiger partial charge in [-0.2, -0.15) is 0 Å². The van der Waals surface area contributed by atoms with Gasteiger partial charge in [-0.05, 0) is 33.6 Å². The fraction of sp³-hybridized carbons (Fsp3) is 0.857. The van der Waals surface area contributed by atoms with Crippen molar-refractivity contribution in [1.82, 2.24) is 15.1 Å². The van der Waals surface area contributed by atoms with Crippen molar-refractivity contribution < 1.29 is 19.4 Å². The van der Waals surface area contributed by atoms with E-state index in [-0.39, 0.29) is 12.1 Å². The SMILES string of the molecule is CC(C)(C)OC(=O)NC1CCN(C2CN(C(=O)O)C2)CC1. The summed E-state index contributed by atoms with van der Waals surface area (Å²) in [7, 11) is 0. The topological polar surface area (TPSA) is 82.1 Å². The van der Waals surface area contributed by atoms with E-state index in [0.29, 0.717) is 19.1 Å². The number of nitrogens with zero attached hydrogens (tertiary/aromatic N) is 2. The van der Waals surface area contributed by atoms with Gasteiger partial charge >= 0.3 is 12.2 Å². The van der Waals surface area contributed by atoms with Crippen molar-refractivity contribution >= 4 is 12.2 Å². The second-order valence-electron chi connectivity index (χ2n) is 6.80. The minimum Gasteiger partial charge on any atom is -0.465 e. The fourth-order valence-electron chi connectivity index (χ4n) is 2.73. The lowest BCUT2D eigenvalue weighted by atomic mass is 10.00. The van der Waals surface area contributed by atoms with Gasteiger partial charge in [0.05, 0.1) is 0 Å². The average Bonchev–Trinajstić information content (AvgIpc) is 2.26. The number of carbonyl (C=O) groups is 2. The van der Waals surface area contributed by atoms with Gasteiger partial charge in [-0.25, -0.2) is 9.59 Å². The molecule has 2 amide bonds. The molecule has 2 N–H and O–H groups in total. The number of nitrogens with one attached hydrogen (secondary N) is 1. The number of piperidine rings is 1. The molecule has 2 heterocycles. The van der Waals surface area contributed by atoms with Gasteiger partial charge in [-0.1, -0.05) is 0 Å². The summed E-state index contributed by atoms with van der Waals surface area (Å²) in [5, 5.41) is 11.7. The van der Waals surface area contributed by atoms with Crippen LogP contribution in [0.1, 0.15) is 33.6 Å². The van der Waals surface area contributed by atoms with E-state index in [2.05, 4.69) is 10.2 Å². The van der Waals surface area contributed by atoms with Crippen molar-refractivity contribution in [3.8, 4) is 0 Å². The van der Waals surface area contributed by atoms with Crippen LogP contribution in [0.25, 0.3) is 0 Å². The quantitative estimate of drug-likeness (QED) is 0.804. The molecule has 120 valence electrons. The summed E-state index contributed by atoms with van der Waals surface area (Å²) in [5.41, 5.74) is -0.475. The Morgan fingerprint density at radius 2 is 1.76 bits per heavy atom. The van der Waals surface area contributed by atoms with E-state index in [1.807, 2.05) is 20.8 Å². The number of carboxylic acid groups (broad SMARTS) is 1. The molecule has 0 atom stereocenters. The molecule has 2 aliphatic heterocycles. The summed E-state index contributed by atoms with van der Waals surface area (Å²) in [5.74, 6) is 0. The first-order chi connectivity index (χ1) is 9.74. The average molecular weight is 299 g/mol. The second-order valence-corrected chi connectivity index (χ2v) is 6.80. The van der Waals surface area contributed by atoms with Gasteiger partial charge in [0.1, 0.15) is 5.60 Å². The molecule has 2 aliphatic rings. The molecule has 0 spiro atoms. The van der Waals surface area contributed by atoms with Gasteiger partial charge in [0.15, 0.2) is 0 Å². The van der Waals surface area contributed by atoms with Crippen LogP contribution >= 0.6 is 0 Å². The van der Waals surface area contributed by atoms with Crippen molar-refractivity contribution in [2.75, 3.05) is 26.2 Å². The Morgan fingerprint density at radius 3 is 2.24 bits per heavy atom.